The van der Waals surface area contributed by atoms with Gasteiger partial charge in [0.25, 0.3) is 0 Å². The van der Waals surface area contributed by atoms with Crippen molar-refractivity contribution in [2.45, 2.75) is 33.4 Å². The molecule has 1 atom stereocenters. The zero-order chi connectivity index (χ0) is 12.3. The highest BCUT2D eigenvalue weighted by Gasteiger charge is 2.30. The average Bonchev–Trinajstić information content (AvgIpc) is 2.49. The molecule has 0 saturated heterocycles. The van der Waals surface area contributed by atoms with Crippen molar-refractivity contribution in [3.05, 3.63) is 15.5 Å². The lowest BCUT2D eigenvalue weighted by molar-refractivity contribution is -0.142. The number of hydrogen-bond acceptors (Lipinski definition) is 4. The van der Waals surface area contributed by atoms with Crippen LogP contribution in [0.25, 0.3) is 0 Å². The zero-order valence-electron chi connectivity index (χ0n) is 9.45. The van der Waals surface area contributed by atoms with E-state index in [-0.39, 0.29) is 5.41 Å². The van der Waals surface area contributed by atoms with Crippen molar-refractivity contribution in [1.29, 1.82) is 0 Å². The summed E-state index contributed by atoms with van der Waals surface area (Å²) in [6.45, 7) is 6.22. The van der Waals surface area contributed by atoms with Crippen molar-refractivity contribution < 1.29 is 9.90 Å². The van der Waals surface area contributed by atoms with E-state index in [1.165, 1.54) is 11.5 Å². The van der Waals surface area contributed by atoms with Gasteiger partial charge in [0, 0.05) is 6.54 Å². The van der Waals surface area contributed by atoms with Crippen LogP contribution in [0.3, 0.4) is 0 Å². The van der Waals surface area contributed by atoms with Crippen molar-refractivity contribution in [2.75, 3.05) is 0 Å². The molecule has 0 saturated carbocycles. The van der Waals surface area contributed by atoms with Gasteiger partial charge in [0.05, 0.1) is 15.5 Å². The van der Waals surface area contributed by atoms with Crippen LogP contribution in [-0.2, 0) is 11.3 Å². The molecule has 0 spiro atoms. The Kier molecular flexibility index (Phi) is 4.46. The van der Waals surface area contributed by atoms with Gasteiger partial charge in [-0.05, 0) is 32.9 Å². The third kappa shape index (κ3) is 3.54. The Balaban J connectivity index is 2.65. The molecule has 1 rings (SSSR count). The van der Waals surface area contributed by atoms with Crippen molar-refractivity contribution in [3.63, 3.8) is 0 Å². The van der Waals surface area contributed by atoms with Crippen LogP contribution < -0.4 is 5.32 Å². The summed E-state index contributed by atoms with van der Waals surface area (Å²) in [5.74, 6) is -0.826. The molecule has 0 aliphatic carbocycles. The van der Waals surface area contributed by atoms with Crippen LogP contribution in [-0.4, -0.2) is 21.5 Å². The number of rotatable bonds is 4. The van der Waals surface area contributed by atoms with E-state index in [9.17, 15) is 4.79 Å². The van der Waals surface area contributed by atoms with Crippen molar-refractivity contribution in [3.8, 4) is 0 Å². The lowest BCUT2D eigenvalue weighted by Gasteiger charge is -2.27. The Labute approximate surface area is 107 Å². The average molecular weight is 307 g/mol. The maximum Gasteiger partial charge on any atom is 0.321 e. The number of nitrogens with zero attached hydrogens (tertiary/aromatic N) is 1. The number of halogens is 1. The van der Waals surface area contributed by atoms with Gasteiger partial charge in [0.15, 0.2) is 0 Å². The van der Waals surface area contributed by atoms with Gasteiger partial charge >= 0.3 is 5.97 Å². The van der Waals surface area contributed by atoms with E-state index in [1.807, 2.05) is 20.8 Å². The Bertz CT molecular complexity index is 373. The molecule has 0 unspecified atom stereocenters. The SMILES string of the molecule is CC(C)(C)[C@@H](NCc1sncc1Br)C(=O)O. The van der Waals surface area contributed by atoms with Crippen LogP contribution in [0.2, 0.25) is 0 Å². The summed E-state index contributed by atoms with van der Waals surface area (Å²) in [5.41, 5.74) is -0.316. The maximum absolute atomic E-state index is 11.1. The lowest BCUT2D eigenvalue weighted by Crippen LogP contribution is -2.45. The first-order valence-electron chi connectivity index (χ1n) is 4.87. The quantitative estimate of drug-likeness (QED) is 0.897. The minimum Gasteiger partial charge on any atom is -0.480 e. The van der Waals surface area contributed by atoms with Crippen molar-refractivity contribution in [1.82, 2.24) is 9.69 Å². The summed E-state index contributed by atoms with van der Waals surface area (Å²) < 4.78 is 4.93. The van der Waals surface area contributed by atoms with Crippen LogP contribution >= 0.6 is 27.5 Å². The zero-order valence-corrected chi connectivity index (χ0v) is 11.9. The van der Waals surface area contributed by atoms with Crippen LogP contribution in [0.5, 0.6) is 0 Å². The molecule has 6 heteroatoms. The Morgan fingerprint density at radius 2 is 2.31 bits per heavy atom. The van der Waals surface area contributed by atoms with E-state index in [0.29, 0.717) is 6.54 Å². The van der Waals surface area contributed by atoms with Gasteiger partial charge in [-0.3, -0.25) is 10.1 Å². The summed E-state index contributed by atoms with van der Waals surface area (Å²) in [7, 11) is 0. The number of aromatic nitrogens is 1. The fourth-order valence-corrected chi connectivity index (χ4v) is 2.50. The topological polar surface area (TPSA) is 62.2 Å². The van der Waals surface area contributed by atoms with E-state index >= 15 is 0 Å². The lowest BCUT2D eigenvalue weighted by atomic mass is 9.87. The van der Waals surface area contributed by atoms with Gasteiger partial charge in [-0.15, -0.1) is 0 Å². The van der Waals surface area contributed by atoms with Crippen molar-refractivity contribution >= 4 is 33.4 Å². The molecule has 0 amide bonds. The summed E-state index contributed by atoms with van der Waals surface area (Å²) >= 11 is 4.73. The molecule has 1 heterocycles. The molecule has 0 fully saturated rings. The second-order valence-electron chi connectivity index (χ2n) is 4.62. The monoisotopic (exact) mass is 306 g/mol. The van der Waals surface area contributed by atoms with Gasteiger partial charge in [-0.25, -0.2) is 0 Å². The molecule has 0 aliphatic rings. The molecule has 4 nitrogen and oxygen atoms in total. The first-order valence-corrected chi connectivity index (χ1v) is 6.44. The van der Waals surface area contributed by atoms with Crippen LogP contribution in [0, 0.1) is 5.41 Å². The fourth-order valence-electron chi connectivity index (χ4n) is 1.33. The van der Waals surface area contributed by atoms with Gasteiger partial charge in [0.1, 0.15) is 6.04 Å². The highest BCUT2D eigenvalue weighted by atomic mass is 79.9. The second kappa shape index (κ2) is 5.25. The first-order chi connectivity index (χ1) is 7.32. The molecule has 90 valence electrons. The van der Waals surface area contributed by atoms with Crippen LogP contribution in [0.1, 0.15) is 25.6 Å². The molecule has 1 aromatic heterocycles. The molecule has 16 heavy (non-hydrogen) atoms. The minimum atomic E-state index is -0.826. The predicted molar refractivity (Wildman–Crippen MR) is 67.5 cm³/mol. The van der Waals surface area contributed by atoms with E-state index in [2.05, 4.69) is 25.6 Å². The van der Waals surface area contributed by atoms with Crippen LogP contribution in [0.4, 0.5) is 0 Å². The van der Waals surface area contributed by atoms with Gasteiger partial charge in [-0.2, -0.15) is 4.37 Å². The standard InChI is InChI=1S/C10H15BrN2O2S/c1-10(2,3)8(9(14)15)12-5-7-6(11)4-13-16-7/h4,8,12H,5H2,1-3H3,(H,14,15)/t8-/m0/s1. The molecule has 0 aromatic carbocycles. The summed E-state index contributed by atoms with van der Waals surface area (Å²) in [6, 6.07) is -0.568. The number of carboxylic acid groups (broad SMARTS) is 1. The largest absolute Gasteiger partial charge is 0.480 e. The Hall–Kier alpha value is -0.460. The predicted octanol–water partition coefficient (Wildman–Crippen LogP) is 2.49. The molecule has 0 bridgehead atoms. The Morgan fingerprint density at radius 3 is 2.69 bits per heavy atom. The number of hydrogen-bond donors (Lipinski definition) is 2. The molecular formula is C10H15BrN2O2S. The molecule has 1 aromatic rings. The third-order valence-corrected chi connectivity index (χ3v) is 3.92. The van der Waals surface area contributed by atoms with E-state index in [0.717, 1.165) is 9.35 Å². The van der Waals surface area contributed by atoms with Crippen molar-refractivity contribution in [2.24, 2.45) is 5.41 Å². The summed E-state index contributed by atoms with van der Waals surface area (Å²) in [5, 5.41) is 12.2. The highest BCUT2D eigenvalue weighted by Crippen LogP contribution is 2.23. The fraction of sp³-hybridized carbons (Fsp3) is 0.600. The van der Waals surface area contributed by atoms with Gasteiger partial charge < -0.3 is 5.11 Å². The summed E-state index contributed by atoms with van der Waals surface area (Å²) in [4.78, 5) is 12.1. The van der Waals surface area contributed by atoms with Gasteiger partial charge in [0.2, 0.25) is 0 Å². The summed E-state index contributed by atoms with van der Waals surface area (Å²) in [6.07, 6.45) is 1.72. The number of aliphatic carboxylic acids is 1. The van der Waals surface area contributed by atoms with E-state index in [1.54, 1.807) is 6.20 Å². The maximum atomic E-state index is 11.1. The molecule has 0 radical (unpaired) electrons. The molecule has 2 N–H and O–H groups in total. The number of carboxylic acids is 1. The normalized spacial score (nSPS) is 13.8. The third-order valence-electron chi connectivity index (χ3n) is 2.18. The highest BCUT2D eigenvalue weighted by molar-refractivity contribution is 9.10. The molecular weight excluding hydrogens is 292 g/mol. The van der Waals surface area contributed by atoms with Crippen LogP contribution in [0.15, 0.2) is 10.7 Å². The minimum absolute atomic E-state index is 0.316. The first kappa shape index (κ1) is 13.6. The van der Waals surface area contributed by atoms with Gasteiger partial charge in [-0.1, -0.05) is 20.8 Å². The number of carbonyl (C=O) groups is 1. The van der Waals surface area contributed by atoms with E-state index in [4.69, 9.17) is 5.11 Å². The number of nitrogens with one attached hydrogen (secondary N) is 1. The molecule has 0 aliphatic heterocycles. The second-order valence-corrected chi connectivity index (χ2v) is 6.36. The van der Waals surface area contributed by atoms with E-state index < -0.39 is 12.0 Å². The Morgan fingerprint density at radius 1 is 1.69 bits per heavy atom. The smallest absolute Gasteiger partial charge is 0.321 e.